The minimum Gasteiger partial charge on any atom is -0.494 e. The van der Waals surface area contributed by atoms with Crippen molar-refractivity contribution in [3.8, 4) is 5.75 Å². The molecule has 4 heteroatoms. The van der Waals surface area contributed by atoms with Crippen molar-refractivity contribution in [2.45, 2.75) is 57.1 Å². The topological polar surface area (TPSA) is 56.5 Å². The molecule has 1 unspecified atom stereocenters. The fraction of sp³-hybridized carbons (Fsp3) is 0.647. The van der Waals surface area contributed by atoms with Crippen molar-refractivity contribution in [3.63, 3.8) is 0 Å². The Morgan fingerprint density at radius 3 is 2.43 bits per heavy atom. The van der Waals surface area contributed by atoms with Gasteiger partial charge in [-0.3, -0.25) is 5.84 Å². The van der Waals surface area contributed by atoms with Crippen molar-refractivity contribution in [2.75, 3.05) is 13.7 Å². The van der Waals surface area contributed by atoms with Crippen molar-refractivity contribution in [1.29, 1.82) is 0 Å². The average molecular weight is 292 g/mol. The summed E-state index contributed by atoms with van der Waals surface area (Å²) in [5, 5.41) is 0. The van der Waals surface area contributed by atoms with E-state index >= 15 is 0 Å². The van der Waals surface area contributed by atoms with E-state index in [2.05, 4.69) is 11.5 Å². The number of hydrogen-bond donors (Lipinski definition) is 2. The molecule has 0 spiro atoms. The number of nitrogens with one attached hydrogen (secondary N) is 1. The molecule has 4 nitrogen and oxygen atoms in total. The van der Waals surface area contributed by atoms with E-state index in [9.17, 15) is 0 Å². The smallest absolute Gasteiger partial charge is 0.124 e. The van der Waals surface area contributed by atoms with Gasteiger partial charge < -0.3 is 9.47 Å². The zero-order valence-electron chi connectivity index (χ0n) is 13.2. The first-order chi connectivity index (χ1) is 10.3. The van der Waals surface area contributed by atoms with Gasteiger partial charge in [-0.25, -0.2) is 5.43 Å². The molecule has 0 saturated heterocycles. The SMILES string of the molecule is CCOc1ccccc1C(NN)C1(OC)CCCCCC1. The minimum absolute atomic E-state index is 0.0525. The Hall–Kier alpha value is -1.10. The van der Waals surface area contributed by atoms with Gasteiger partial charge in [0.2, 0.25) is 0 Å². The molecule has 0 aliphatic heterocycles. The van der Waals surface area contributed by atoms with Crippen molar-refractivity contribution in [3.05, 3.63) is 29.8 Å². The van der Waals surface area contributed by atoms with Crippen LogP contribution in [0.25, 0.3) is 0 Å². The summed E-state index contributed by atoms with van der Waals surface area (Å²) in [7, 11) is 1.80. The molecule has 1 aromatic carbocycles. The fourth-order valence-electron chi connectivity index (χ4n) is 3.47. The van der Waals surface area contributed by atoms with Gasteiger partial charge in [-0.05, 0) is 25.8 Å². The summed E-state index contributed by atoms with van der Waals surface area (Å²) in [5.74, 6) is 6.82. The van der Waals surface area contributed by atoms with E-state index in [1.54, 1.807) is 7.11 Å². The van der Waals surface area contributed by atoms with Gasteiger partial charge >= 0.3 is 0 Å². The summed E-state index contributed by atoms with van der Waals surface area (Å²) < 4.78 is 11.8. The van der Waals surface area contributed by atoms with Gasteiger partial charge in [0.05, 0.1) is 18.2 Å². The van der Waals surface area contributed by atoms with Gasteiger partial charge in [0.15, 0.2) is 0 Å². The molecule has 1 atom stereocenters. The molecule has 0 radical (unpaired) electrons. The van der Waals surface area contributed by atoms with Crippen molar-refractivity contribution in [2.24, 2.45) is 5.84 Å². The highest BCUT2D eigenvalue weighted by molar-refractivity contribution is 5.37. The third-order valence-corrected chi connectivity index (χ3v) is 4.58. The molecule has 0 heterocycles. The largest absolute Gasteiger partial charge is 0.494 e. The van der Waals surface area contributed by atoms with Gasteiger partial charge in [-0.1, -0.05) is 43.9 Å². The molecule has 21 heavy (non-hydrogen) atoms. The number of hydrogen-bond acceptors (Lipinski definition) is 4. The first-order valence-corrected chi connectivity index (χ1v) is 8.00. The van der Waals surface area contributed by atoms with Crippen molar-refractivity contribution in [1.82, 2.24) is 5.43 Å². The van der Waals surface area contributed by atoms with Crippen LogP contribution in [0.5, 0.6) is 5.75 Å². The van der Waals surface area contributed by atoms with E-state index in [4.69, 9.17) is 15.3 Å². The Morgan fingerprint density at radius 2 is 1.86 bits per heavy atom. The summed E-state index contributed by atoms with van der Waals surface area (Å²) in [6.07, 6.45) is 6.97. The van der Waals surface area contributed by atoms with E-state index in [1.807, 2.05) is 25.1 Å². The van der Waals surface area contributed by atoms with Crippen LogP contribution in [0.2, 0.25) is 0 Å². The predicted octanol–water partition coefficient (Wildman–Crippen LogP) is 3.33. The van der Waals surface area contributed by atoms with Crippen LogP contribution < -0.4 is 16.0 Å². The van der Waals surface area contributed by atoms with Crippen LogP contribution in [-0.2, 0) is 4.74 Å². The maximum Gasteiger partial charge on any atom is 0.124 e. The molecule has 1 aliphatic rings. The molecule has 1 aromatic rings. The third kappa shape index (κ3) is 3.57. The highest BCUT2D eigenvalue weighted by atomic mass is 16.5. The Labute approximate surface area is 128 Å². The van der Waals surface area contributed by atoms with E-state index in [0.717, 1.165) is 24.2 Å². The van der Waals surface area contributed by atoms with Gasteiger partial charge in [-0.2, -0.15) is 0 Å². The maximum absolute atomic E-state index is 6.00. The van der Waals surface area contributed by atoms with E-state index in [1.165, 1.54) is 25.7 Å². The highest BCUT2D eigenvalue weighted by Gasteiger charge is 2.40. The average Bonchev–Trinajstić information content (AvgIpc) is 2.76. The predicted molar refractivity (Wildman–Crippen MR) is 85.1 cm³/mol. The number of hydrazine groups is 1. The molecule has 1 aliphatic carbocycles. The van der Waals surface area contributed by atoms with Gasteiger partial charge in [0, 0.05) is 12.7 Å². The number of methoxy groups -OCH3 is 1. The monoisotopic (exact) mass is 292 g/mol. The van der Waals surface area contributed by atoms with E-state index in [-0.39, 0.29) is 11.6 Å². The van der Waals surface area contributed by atoms with Crippen LogP contribution in [0.1, 0.15) is 57.1 Å². The molecular formula is C17H28N2O2. The summed E-state index contributed by atoms with van der Waals surface area (Å²) in [6, 6.07) is 8.06. The zero-order valence-corrected chi connectivity index (χ0v) is 13.2. The maximum atomic E-state index is 6.00. The molecule has 3 N–H and O–H groups in total. The molecule has 0 bridgehead atoms. The summed E-state index contributed by atoms with van der Waals surface area (Å²) in [5.41, 5.74) is 3.84. The Kier molecular flexibility index (Phi) is 6.03. The van der Waals surface area contributed by atoms with Gasteiger partial charge in [0.25, 0.3) is 0 Å². The lowest BCUT2D eigenvalue weighted by Gasteiger charge is -2.39. The second kappa shape index (κ2) is 7.78. The second-order valence-electron chi connectivity index (χ2n) is 5.75. The summed E-state index contributed by atoms with van der Waals surface area (Å²) >= 11 is 0. The molecule has 0 aromatic heterocycles. The van der Waals surface area contributed by atoms with Crippen molar-refractivity contribution < 1.29 is 9.47 Å². The third-order valence-electron chi connectivity index (χ3n) is 4.58. The van der Waals surface area contributed by atoms with Gasteiger partial charge in [0.1, 0.15) is 5.75 Å². The molecular weight excluding hydrogens is 264 g/mol. The molecule has 1 saturated carbocycles. The molecule has 0 amide bonds. The number of rotatable bonds is 6. The quantitative estimate of drug-likeness (QED) is 0.480. The van der Waals surface area contributed by atoms with Crippen LogP contribution in [0.4, 0.5) is 0 Å². The fourth-order valence-corrected chi connectivity index (χ4v) is 3.47. The minimum atomic E-state index is -0.252. The Morgan fingerprint density at radius 1 is 1.19 bits per heavy atom. The van der Waals surface area contributed by atoms with Crippen LogP contribution in [0.15, 0.2) is 24.3 Å². The van der Waals surface area contributed by atoms with Gasteiger partial charge in [-0.15, -0.1) is 0 Å². The number of ether oxygens (including phenoxy) is 2. The highest BCUT2D eigenvalue weighted by Crippen LogP contribution is 2.42. The molecule has 1 fully saturated rings. The summed E-state index contributed by atoms with van der Waals surface area (Å²) in [6.45, 7) is 2.65. The lowest BCUT2D eigenvalue weighted by molar-refractivity contribution is -0.0546. The van der Waals surface area contributed by atoms with Crippen LogP contribution in [-0.4, -0.2) is 19.3 Å². The molecule has 118 valence electrons. The van der Waals surface area contributed by atoms with Crippen LogP contribution >= 0.6 is 0 Å². The first kappa shape index (κ1) is 16.3. The number of para-hydroxylation sites is 1. The standard InChI is InChI=1S/C17H28N2O2/c1-3-21-15-11-7-6-10-14(15)16(19-18)17(20-2)12-8-4-5-9-13-17/h6-7,10-11,16,19H,3-5,8-9,12-13,18H2,1-2H3. The van der Waals surface area contributed by atoms with Crippen molar-refractivity contribution >= 4 is 0 Å². The van der Waals surface area contributed by atoms with Crippen LogP contribution in [0, 0.1) is 0 Å². The Bertz CT molecular complexity index is 429. The first-order valence-electron chi connectivity index (χ1n) is 8.00. The zero-order chi connectivity index (χ0) is 15.1. The normalized spacial score (nSPS) is 19.8. The number of nitrogens with two attached hydrogens (primary N) is 1. The second-order valence-corrected chi connectivity index (χ2v) is 5.75. The number of benzene rings is 1. The molecule has 2 rings (SSSR count). The van der Waals surface area contributed by atoms with E-state index < -0.39 is 0 Å². The lowest BCUT2D eigenvalue weighted by Crippen LogP contribution is -2.48. The van der Waals surface area contributed by atoms with E-state index in [0.29, 0.717) is 6.61 Å². The lowest BCUT2D eigenvalue weighted by atomic mass is 9.82. The Balaban J connectivity index is 2.36. The van der Waals surface area contributed by atoms with Crippen LogP contribution in [0.3, 0.4) is 0 Å². The summed E-state index contributed by atoms with van der Waals surface area (Å²) in [4.78, 5) is 0.